The Morgan fingerprint density at radius 3 is 2.58 bits per heavy atom. The molecule has 0 aliphatic heterocycles. The summed E-state index contributed by atoms with van der Waals surface area (Å²) in [5, 5.41) is -3.70. The monoisotopic (exact) mass is 199 g/mol. The lowest BCUT2D eigenvalue weighted by Gasteiger charge is -2.06. The van der Waals surface area contributed by atoms with Gasteiger partial charge in [0.25, 0.3) is 0 Å². The molecular formula is C6H8ClF2NO2. The van der Waals surface area contributed by atoms with Crippen molar-refractivity contribution in [3.8, 4) is 0 Å². The van der Waals surface area contributed by atoms with Gasteiger partial charge in [0.1, 0.15) is 5.70 Å². The fourth-order valence-corrected chi connectivity index (χ4v) is 0.447. The normalized spacial score (nSPS) is 12.8. The molecule has 0 radical (unpaired) electrons. The minimum atomic E-state index is -3.70. The standard InChI is InChI=1S/C6H8ClF2NO2/c1-2-12-5(11)3-4(10)6(7,8)9/h3H,2,10H2,1H3. The van der Waals surface area contributed by atoms with Crippen molar-refractivity contribution in [3.63, 3.8) is 0 Å². The van der Waals surface area contributed by atoms with Crippen molar-refractivity contribution in [2.75, 3.05) is 6.61 Å². The van der Waals surface area contributed by atoms with Crippen LogP contribution in [0.25, 0.3) is 0 Å². The SMILES string of the molecule is CCOC(=O)C=C(N)C(F)(F)Cl. The van der Waals surface area contributed by atoms with Gasteiger partial charge in [0.15, 0.2) is 0 Å². The number of halogens is 3. The quantitative estimate of drug-likeness (QED) is 0.423. The first kappa shape index (κ1) is 11.2. The van der Waals surface area contributed by atoms with Gasteiger partial charge in [-0.15, -0.1) is 0 Å². The van der Waals surface area contributed by atoms with Crippen molar-refractivity contribution in [1.82, 2.24) is 0 Å². The Morgan fingerprint density at radius 2 is 2.25 bits per heavy atom. The number of rotatable bonds is 3. The topological polar surface area (TPSA) is 52.3 Å². The van der Waals surface area contributed by atoms with Crippen LogP contribution in [0.1, 0.15) is 6.92 Å². The minimum Gasteiger partial charge on any atom is -0.463 e. The lowest BCUT2D eigenvalue weighted by Crippen LogP contribution is -2.20. The summed E-state index contributed by atoms with van der Waals surface area (Å²) < 4.78 is 28.5. The van der Waals surface area contributed by atoms with Crippen molar-refractivity contribution < 1.29 is 18.3 Å². The summed E-state index contributed by atoms with van der Waals surface area (Å²) >= 11 is 4.49. The average Bonchev–Trinajstić information content (AvgIpc) is 1.85. The van der Waals surface area contributed by atoms with Crippen LogP contribution >= 0.6 is 11.6 Å². The lowest BCUT2D eigenvalue weighted by molar-refractivity contribution is -0.137. The second-order valence-corrected chi connectivity index (χ2v) is 2.32. The number of hydrogen-bond donors (Lipinski definition) is 1. The summed E-state index contributed by atoms with van der Waals surface area (Å²) in [6.07, 6.45) is 0.455. The molecule has 12 heavy (non-hydrogen) atoms. The van der Waals surface area contributed by atoms with E-state index >= 15 is 0 Å². The van der Waals surface area contributed by atoms with Crippen LogP contribution in [0.3, 0.4) is 0 Å². The third kappa shape index (κ3) is 4.12. The van der Waals surface area contributed by atoms with Crippen molar-refractivity contribution >= 4 is 17.6 Å². The molecule has 0 amide bonds. The Morgan fingerprint density at radius 1 is 1.75 bits per heavy atom. The van der Waals surface area contributed by atoms with E-state index < -0.39 is 17.0 Å². The molecule has 2 N–H and O–H groups in total. The van der Waals surface area contributed by atoms with Crippen LogP contribution in [0.4, 0.5) is 8.78 Å². The summed E-state index contributed by atoms with van der Waals surface area (Å²) in [5.41, 5.74) is 3.73. The maximum Gasteiger partial charge on any atom is 0.362 e. The number of hydrogen-bond acceptors (Lipinski definition) is 3. The molecule has 0 spiro atoms. The molecule has 0 rings (SSSR count). The molecule has 3 nitrogen and oxygen atoms in total. The van der Waals surface area contributed by atoms with Crippen LogP contribution in [-0.2, 0) is 9.53 Å². The van der Waals surface area contributed by atoms with Gasteiger partial charge in [0.05, 0.1) is 6.61 Å². The number of ether oxygens (including phenoxy) is 1. The van der Waals surface area contributed by atoms with Gasteiger partial charge >= 0.3 is 11.4 Å². The van der Waals surface area contributed by atoms with Gasteiger partial charge in [-0.25, -0.2) is 4.79 Å². The Kier molecular flexibility index (Phi) is 3.95. The highest BCUT2D eigenvalue weighted by molar-refractivity contribution is 6.23. The highest BCUT2D eigenvalue weighted by Gasteiger charge is 2.29. The second-order valence-electron chi connectivity index (χ2n) is 1.85. The molecule has 0 heterocycles. The largest absolute Gasteiger partial charge is 0.463 e. The van der Waals surface area contributed by atoms with Gasteiger partial charge in [-0.2, -0.15) is 8.78 Å². The van der Waals surface area contributed by atoms with Crippen LogP contribution < -0.4 is 5.73 Å². The predicted molar refractivity (Wildman–Crippen MR) is 39.7 cm³/mol. The lowest BCUT2D eigenvalue weighted by atomic mass is 10.4. The zero-order valence-corrected chi connectivity index (χ0v) is 7.07. The van der Waals surface area contributed by atoms with E-state index in [2.05, 4.69) is 16.3 Å². The van der Waals surface area contributed by atoms with Gasteiger partial charge in [-0.3, -0.25) is 0 Å². The summed E-state index contributed by atoms with van der Waals surface area (Å²) in [6.45, 7) is 1.64. The van der Waals surface area contributed by atoms with E-state index in [-0.39, 0.29) is 6.61 Å². The van der Waals surface area contributed by atoms with Gasteiger partial charge in [-0.05, 0) is 18.5 Å². The van der Waals surface area contributed by atoms with Crippen molar-refractivity contribution in [2.45, 2.75) is 12.3 Å². The number of carbonyl (C=O) groups excluding carboxylic acids is 1. The fraction of sp³-hybridized carbons (Fsp3) is 0.500. The number of carbonyl (C=O) groups is 1. The number of allylic oxidation sites excluding steroid dienone is 1. The number of esters is 1. The Balaban J connectivity index is 4.26. The second kappa shape index (κ2) is 4.25. The van der Waals surface area contributed by atoms with Crippen molar-refractivity contribution in [1.29, 1.82) is 0 Å². The molecule has 0 saturated heterocycles. The van der Waals surface area contributed by atoms with Gasteiger partial charge in [0, 0.05) is 6.08 Å². The maximum absolute atomic E-state index is 12.1. The number of nitrogens with two attached hydrogens (primary N) is 1. The van der Waals surface area contributed by atoms with Crippen LogP contribution in [0.15, 0.2) is 11.8 Å². The predicted octanol–water partition coefficient (Wildman–Crippen LogP) is 1.22. The zero-order chi connectivity index (χ0) is 9.78. The Hall–Kier alpha value is -0.840. The van der Waals surface area contributed by atoms with Crippen molar-refractivity contribution in [3.05, 3.63) is 11.8 Å². The fourth-order valence-electron chi connectivity index (χ4n) is 0.393. The molecule has 0 aromatic heterocycles. The minimum absolute atomic E-state index is 0.0937. The molecule has 0 bridgehead atoms. The highest BCUT2D eigenvalue weighted by atomic mass is 35.5. The van der Waals surface area contributed by atoms with Gasteiger partial charge in [-0.1, -0.05) is 0 Å². The third-order valence-corrected chi connectivity index (χ3v) is 1.11. The maximum atomic E-state index is 12.1. The Bertz CT molecular complexity index is 200. The molecule has 0 aliphatic carbocycles. The molecule has 0 atom stereocenters. The molecule has 70 valence electrons. The van der Waals surface area contributed by atoms with Gasteiger partial charge in [0.2, 0.25) is 0 Å². The van der Waals surface area contributed by atoms with E-state index in [4.69, 9.17) is 5.73 Å². The molecule has 0 fully saturated rings. The molecule has 0 unspecified atom stereocenters. The molecule has 0 saturated carbocycles. The summed E-state index contributed by atoms with van der Waals surface area (Å²) in [6, 6.07) is 0. The molecule has 6 heteroatoms. The molecule has 0 aromatic carbocycles. The van der Waals surface area contributed by atoms with Crippen LogP contribution in [-0.4, -0.2) is 18.0 Å². The summed E-state index contributed by atoms with van der Waals surface area (Å²) in [4.78, 5) is 10.5. The van der Waals surface area contributed by atoms with E-state index in [1.165, 1.54) is 0 Å². The molecular weight excluding hydrogens is 192 g/mol. The van der Waals surface area contributed by atoms with E-state index in [1.54, 1.807) is 6.92 Å². The average molecular weight is 200 g/mol. The first-order valence-corrected chi connectivity index (χ1v) is 3.46. The van der Waals surface area contributed by atoms with E-state index in [0.29, 0.717) is 6.08 Å². The third-order valence-electron chi connectivity index (χ3n) is 0.887. The van der Waals surface area contributed by atoms with Crippen molar-refractivity contribution in [2.24, 2.45) is 5.73 Å². The first-order chi connectivity index (χ1) is 5.38. The van der Waals surface area contributed by atoms with Gasteiger partial charge < -0.3 is 10.5 Å². The highest BCUT2D eigenvalue weighted by Crippen LogP contribution is 2.24. The number of alkyl halides is 3. The zero-order valence-electron chi connectivity index (χ0n) is 6.31. The van der Waals surface area contributed by atoms with E-state index in [1.807, 2.05) is 0 Å². The summed E-state index contributed by atoms with van der Waals surface area (Å²) in [5.74, 6) is -0.935. The van der Waals surface area contributed by atoms with E-state index in [0.717, 1.165) is 0 Å². The van der Waals surface area contributed by atoms with E-state index in [9.17, 15) is 13.6 Å². The first-order valence-electron chi connectivity index (χ1n) is 3.09. The Labute approximate surface area is 73.1 Å². The summed E-state index contributed by atoms with van der Waals surface area (Å²) in [7, 11) is 0. The van der Waals surface area contributed by atoms with Crippen LogP contribution in [0.2, 0.25) is 0 Å². The molecule has 0 aliphatic rings. The van der Waals surface area contributed by atoms with Crippen LogP contribution in [0, 0.1) is 0 Å². The smallest absolute Gasteiger partial charge is 0.362 e. The van der Waals surface area contributed by atoms with Crippen LogP contribution in [0.5, 0.6) is 0 Å². The molecule has 0 aromatic rings.